The van der Waals surface area contributed by atoms with Crippen LogP contribution in [0.3, 0.4) is 0 Å². The number of phenols is 1. The van der Waals surface area contributed by atoms with Gasteiger partial charge >= 0.3 is 0 Å². The molecule has 7 atom stereocenters. The minimum absolute atomic E-state index is 0.0187. The van der Waals surface area contributed by atoms with Gasteiger partial charge in [0.15, 0.2) is 16.2 Å². The highest BCUT2D eigenvalue weighted by Gasteiger charge is 2.66. The molecule has 0 spiro atoms. The summed E-state index contributed by atoms with van der Waals surface area (Å²) in [6.07, 6.45) is -1.51. The fourth-order valence-electron chi connectivity index (χ4n) is 7.07. The number of carbonyl (C=O) groups is 4. The quantitative estimate of drug-likeness (QED) is 0.0785. The Hall–Kier alpha value is -4.33. The Morgan fingerprint density at radius 1 is 1.09 bits per heavy atom. The van der Waals surface area contributed by atoms with Crippen molar-refractivity contribution in [1.82, 2.24) is 10.2 Å². The Labute approximate surface area is 315 Å². The van der Waals surface area contributed by atoms with E-state index in [1.165, 1.54) is 62.3 Å². The Kier molecular flexibility index (Phi) is 11.9. The van der Waals surface area contributed by atoms with Gasteiger partial charge in [0.25, 0.3) is 17.5 Å². The second-order valence-corrected chi connectivity index (χ2v) is 14.5. The number of likely N-dealkylation sites (N-methyl/N-ethyl adjacent to an activating group) is 1. The number of fused-ring (bicyclic) bond motifs is 3. The number of nitrogens with two attached hydrogens (primary N) is 1. The molecule has 0 aliphatic heterocycles. The highest BCUT2D eigenvalue weighted by molar-refractivity contribution is 6.53. The maximum Gasteiger partial charge on any atom is 0.269 e. The molecule has 17 nitrogen and oxygen atoms in total. The normalized spacial score (nSPS) is 26.2. The van der Waals surface area contributed by atoms with Crippen LogP contribution in [-0.4, -0.2) is 112 Å². The first-order chi connectivity index (χ1) is 24.5. The van der Waals surface area contributed by atoms with Gasteiger partial charge in [-0.15, -0.1) is 0 Å². The maximum absolute atomic E-state index is 13.7. The number of primary amides is 1. The number of Topliss-reactive ketones (excluding diaryl/α,β-unsaturated/α-hetero) is 2. The molecule has 3 aliphatic carbocycles. The third kappa shape index (κ3) is 7.06. The first-order valence-corrected chi connectivity index (χ1v) is 16.8. The molecular weight excluding hydrogens is 767 g/mol. The van der Waals surface area contributed by atoms with Crippen LogP contribution in [0.5, 0.6) is 5.75 Å². The Morgan fingerprint density at radius 3 is 2.17 bits per heavy atom. The molecule has 3 aliphatic rings. The number of rotatable bonds is 8. The Balaban J connectivity index is 0.000000269. The summed E-state index contributed by atoms with van der Waals surface area (Å²) in [6, 6.07) is 5.29. The van der Waals surface area contributed by atoms with E-state index in [9.17, 15) is 59.9 Å². The fraction of sp³-hybridized carbons (Fsp3) is 0.394. The van der Waals surface area contributed by atoms with Crippen LogP contribution in [-0.2, 0) is 24.8 Å². The Morgan fingerprint density at radius 2 is 1.68 bits per heavy atom. The van der Waals surface area contributed by atoms with Gasteiger partial charge in [-0.1, -0.05) is 34.8 Å². The molecule has 2 aromatic rings. The summed E-state index contributed by atoms with van der Waals surface area (Å²) in [5.41, 5.74) is -0.935. The van der Waals surface area contributed by atoms with Gasteiger partial charge in [-0.2, -0.15) is 0 Å². The molecule has 0 bridgehead atoms. The zero-order valence-corrected chi connectivity index (χ0v) is 30.3. The lowest BCUT2D eigenvalue weighted by Crippen LogP contribution is -2.67. The van der Waals surface area contributed by atoms with E-state index in [0.717, 1.165) is 0 Å². The van der Waals surface area contributed by atoms with Crippen molar-refractivity contribution in [1.29, 1.82) is 0 Å². The maximum atomic E-state index is 13.7. The van der Waals surface area contributed by atoms with Gasteiger partial charge in [0.1, 0.15) is 28.9 Å². The number of phenolic OH excluding ortho intramolecular Hbond substituents is 1. The molecular formula is C33H35Cl3N4O13. The van der Waals surface area contributed by atoms with Crippen molar-refractivity contribution in [3.63, 3.8) is 0 Å². The highest BCUT2D eigenvalue weighted by Crippen LogP contribution is 2.58. The number of nitrogens with zero attached hydrogens (tertiary/aromatic N) is 2. The molecule has 0 radical (unpaired) electrons. The number of nitro benzene ring substituents is 1. The number of aliphatic hydroxyl groups is 6. The van der Waals surface area contributed by atoms with Crippen molar-refractivity contribution >= 4 is 69.6 Å². The van der Waals surface area contributed by atoms with Crippen molar-refractivity contribution in [2.75, 3.05) is 20.7 Å². The number of amides is 2. The number of halogens is 3. The summed E-state index contributed by atoms with van der Waals surface area (Å²) in [5.74, 6) is -9.05. The average Bonchev–Trinajstić information content (AvgIpc) is 3.08. The monoisotopic (exact) mass is 800 g/mol. The number of hydrogen-bond acceptors (Lipinski definition) is 14. The molecule has 2 amide bonds. The van der Waals surface area contributed by atoms with Gasteiger partial charge in [0.05, 0.1) is 34.8 Å². The van der Waals surface area contributed by atoms with Crippen molar-refractivity contribution in [3.05, 3.63) is 85.1 Å². The van der Waals surface area contributed by atoms with Crippen molar-refractivity contribution in [2.45, 2.75) is 47.6 Å². The van der Waals surface area contributed by atoms with E-state index >= 15 is 0 Å². The lowest BCUT2D eigenvalue weighted by atomic mass is 9.54. The number of benzene rings is 2. The molecule has 1 saturated carbocycles. The standard InChI is InChI=1S/C22H23ClN2O8.C11H12Cl2N2O5/c1-21(32)7-6-8-15(25(2)3)17(28)13(20(24)31)19(30)22(8,33)18(29)11(7)16(27)12-10(26)5-4-9(23)14(12)21;12-10(13)11(18)14-8(5-16)9(17)6-1-3-7(4-2-6)15(19)20/h4-5,7-8,15,26-27,30,32-33H,6H2,1-3H3,(H2,24,31);1-4,8-10,16-17H,5H2,(H,14,18)/t7-,8-,15-,21-,22-;8-,9-/m01/s1. The zero-order valence-electron chi connectivity index (χ0n) is 28.0. The summed E-state index contributed by atoms with van der Waals surface area (Å²) in [6.45, 7) is 0.788. The number of ketones is 2. The Bertz CT molecular complexity index is 1930. The van der Waals surface area contributed by atoms with Gasteiger partial charge in [0.2, 0.25) is 5.78 Å². The molecule has 286 valence electrons. The van der Waals surface area contributed by atoms with Crippen LogP contribution < -0.4 is 11.1 Å². The van der Waals surface area contributed by atoms with Crippen LogP contribution in [0, 0.1) is 22.0 Å². The van der Waals surface area contributed by atoms with Crippen molar-refractivity contribution in [2.24, 2.45) is 17.6 Å². The summed E-state index contributed by atoms with van der Waals surface area (Å²) in [7, 11) is 2.97. The van der Waals surface area contributed by atoms with E-state index < -0.39 is 109 Å². The number of non-ortho nitro benzene ring substituents is 1. The zero-order chi connectivity index (χ0) is 40.1. The van der Waals surface area contributed by atoms with Gasteiger partial charge < -0.3 is 46.8 Å². The second-order valence-electron chi connectivity index (χ2n) is 13.0. The van der Waals surface area contributed by atoms with Gasteiger partial charge in [-0.3, -0.25) is 34.2 Å². The largest absolute Gasteiger partial charge is 0.508 e. The number of hydrogen-bond donors (Lipinski definition) is 9. The third-order valence-corrected chi connectivity index (χ3v) is 10.3. The van der Waals surface area contributed by atoms with Crippen LogP contribution in [0.25, 0.3) is 5.76 Å². The third-order valence-electron chi connectivity index (χ3n) is 9.62. The van der Waals surface area contributed by atoms with Crippen LogP contribution in [0.2, 0.25) is 5.02 Å². The van der Waals surface area contributed by atoms with Gasteiger partial charge in [0, 0.05) is 40.1 Å². The van der Waals surface area contributed by atoms with E-state index in [1.807, 2.05) is 0 Å². The van der Waals surface area contributed by atoms with Gasteiger partial charge in [-0.05, 0) is 57.3 Å². The molecule has 0 heterocycles. The lowest BCUT2D eigenvalue weighted by molar-refractivity contribution is -0.384. The number of nitro groups is 1. The number of carbonyl (C=O) groups excluding carboxylic acids is 4. The topological polar surface area (TPSA) is 294 Å². The predicted molar refractivity (Wildman–Crippen MR) is 188 cm³/mol. The fourth-order valence-corrected chi connectivity index (χ4v) is 7.55. The molecule has 2 aromatic carbocycles. The van der Waals surface area contributed by atoms with E-state index in [4.69, 9.17) is 45.6 Å². The molecule has 0 unspecified atom stereocenters. The van der Waals surface area contributed by atoms with E-state index in [0.29, 0.717) is 5.56 Å². The second kappa shape index (κ2) is 15.2. The number of nitrogens with one attached hydrogen (secondary N) is 1. The first kappa shape index (κ1) is 41.4. The van der Waals surface area contributed by atoms with E-state index in [2.05, 4.69) is 5.32 Å². The predicted octanol–water partition coefficient (Wildman–Crippen LogP) is 1.19. The minimum atomic E-state index is -2.78. The smallest absolute Gasteiger partial charge is 0.269 e. The van der Waals surface area contributed by atoms with Crippen molar-refractivity contribution in [3.8, 4) is 5.75 Å². The van der Waals surface area contributed by atoms with Crippen LogP contribution in [0.4, 0.5) is 5.69 Å². The van der Waals surface area contributed by atoms with Gasteiger partial charge in [-0.25, -0.2) is 0 Å². The summed E-state index contributed by atoms with van der Waals surface area (Å²) in [4.78, 5) is 60.0. The molecule has 10 N–H and O–H groups in total. The van der Waals surface area contributed by atoms with Crippen LogP contribution >= 0.6 is 34.8 Å². The number of aliphatic hydroxyl groups excluding tert-OH is 4. The van der Waals surface area contributed by atoms with E-state index in [1.54, 1.807) is 0 Å². The first-order valence-electron chi connectivity index (χ1n) is 15.6. The van der Waals surface area contributed by atoms with Crippen LogP contribution in [0.15, 0.2) is 53.3 Å². The SMILES string of the molecule is CN(C)[C@@H]1C(=O)C(C(N)=O)=C(O)[C@@]2(O)C(=O)C3=C(O)c4c(O)ccc(Cl)c4[C@@](C)(O)[C@H]3C[C@@H]12.O=C(N[C@H](CO)[C@H](O)c1ccc([N+](=O)[O-])cc1)C(Cl)Cl. The van der Waals surface area contributed by atoms with E-state index in [-0.39, 0.29) is 28.3 Å². The molecule has 1 fully saturated rings. The summed E-state index contributed by atoms with van der Waals surface area (Å²) in [5, 5.41) is 87.1. The molecule has 20 heteroatoms. The lowest BCUT2D eigenvalue weighted by Gasteiger charge is -2.53. The minimum Gasteiger partial charge on any atom is -0.508 e. The molecule has 5 rings (SSSR count). The molecule has 0 saturated heterocycles. The molecule has 0 aromatic heterocycles. The highest BCUT2D eigenvalue weighted by atomic mass is 35.5. The number of aromatic hydroxyl groups is 1. The summed E-state index contributed by atoms with van der Waals surface area (Å²) < 4.78 is 0. The summed E-state index contributed by atoms with van der Waals surface area (Å²) >= 11 is 17.0. The molecule has 53 heavy (non-hydrogen) atoms. The van der Waals surface area contributed by atoms with Crippen molar-refractivity contribution < 1.29 is 59.8 Å². The average molecular weight is 802 g/mol. The number of alkyl halides is 2. The van der Waals surface area contributed by atoms with Crippen LogP contribution in [0.1, 0.15) is 36.1 Å².